The molecule has 0 aliphatic carbocycles. The molecule has 1 aliphatic rings. The van der Waals surface area contributed by atoms with Crippen LogP contribution in [0.25, 0.3) is 0 Å². The molecule has 7 heteroatoms. The van der Waals surface area contributed by atoms with Crippen molar-refractivity contribution in [2.24, 2.45) is 5.16 Å². The minimum Gasteiger partial charge on any atom is -0.382 e. The van der Waals surface area contributed by atoms with Crippen LogP contribution in [-0.4, -0.2) is 39.0 Å². The maximum atomic E-state index is 11.7. The lowest BCUT2D eigenvalue weighted by Crippen LogP contribution is -2.35. The van der Waals surface area contributed by atoms with Crippen LogP contribution in [0.1, 0.15) is 31.4 Å². The van der Waals surface area contributed by atoms with Gasteiger partial charge in [-0.3, -0.25) is 9.48 Å². The number of aromatic nitrogens is 3. The first-order valence-corrected chi connectivity index (χ1v) is 6.41. The molecule has 104 valence electrons. The van der Waals surface area contributed by atoms with Gasteiger partial charge in [0, 0.05) is 19.5 Å². The van der Waals surface area contributed by atoms with Gasteiger partial charge in [-0.15, -0.1) is 0 Å². The third-order valence-electron chi connectivity index (χ3n) is 2.92. The van der Waals surface area contributed by atoms with Gasteiger partial charge in [0.25, 0.3) is 5.91 Å². The number of amides is 1. The molecule has 1 aromatic heterocycles. The standard InChI is InChI=1S/C12H19N5O2/c1-8-7-11(19-16-8)12(18)13-5-4-6-17-10(3)14-9(2)15-17/h11H,4-7H2,1-3H3,(H,13,18)/t11-/m1/s1. The third kappa shape index (κ3) is 3.52. The van der Waals surface area contributed by atoms with Crippen molar-refractivity contribution in [1.82, 2.24) is 20.1 Å². The fourth-order valence-corrected chi connectivity index (χ4v) is 1.96. The Kier molecular flexibility index (Phi) is 4.13. The van der Waals surface area contributed by atoms with Crippen molar-refractivity contribution in [2.75, 3.05) is 6.54 Å². The first-order valence-electron chi connectivity index (χ1n) is 6.41. The Labute approximate surface area is 112 Å². The zero-order valence-corrected chi connectivity index (χ0v) is 11.5. The van der Waals surface area contributed by atoms with Crippen molar-refractivity contribution in [3.8, 4) is 0 Å². The molecule has 1 aromatic rings. The highest BCUT2D eigenvalue weighted by atomic mass is 16.6. The molecule has 1 N–H and O–H groups in total. The summed E-state index contributed by atoms with van der Waals surface area (Å²) in [6.07, 6.45) is 0.921. The SMILES string of the molecule is CC1=NO[C@@H](C(=O)NCCCn2nc(C)nc2C)C1. The highest BCUT2D eigenvalue weighted by Gasteiger charge is 2.25. The Bertz CT molecular complexity index is 494. The van der Waals surface area contributed by atoms with Crippen LogP contribution >= 0.6 is 0 Å². The molecule has 0 radical (unpaired) electrons. The van der Waals surface area contributed by atoms with Gasteiger partial charge < -0.3 is 10.2 Å². The molecular weight excluding hydrogens is 246 g/mol. The molecule has 0 saturated carbocycles. The van der Waals surface area contributed by atoms with E-state index in [1.54, 1.807) is 0 Å². The average Bonchev–Trinajstić information content (AvgIpc) is 2.91. The van der Waals surface area contributed by atoms with Crippen LogP contribution in [0.3, 0.4) is 0 Å². The van der Waals surface area contributed by atoms with E-state index in [0.717, 1.165) is 30.3 Å². The predicted octanol–water partition coefficient (Wildman–Crippen LogP) is 0.566. The third-order valence-corrected chi connectivity index (χ3v) is 2.92. The lowest BCUT2D eigenvalue weighted by Gasteiger charge is -2.09. The summed E-state index contributed by atoms with van der Waals surface area (Å²) in [5.41, 5.74) is 0.855. The zero-order valence-electron chi connectivity index (χ0n) is 11.5. The van der Waals surface area contributed by atoms with Crippen LogP contribution in [0.2, 0.25) is 0 Å². The Morgan fingerprint density at radius 2 is 2.26 bits per heavy atom. The fourth-order valence-electron chi connectivity index (χ4n) is 1.96. The van der Waals surface area contributed by atoms with Gasteiger partial charge in [0.2, 0.25) is 6.10 Å². The van der Waals surface area contributed by atoms with Crippen LogP contribution in [-0.2, 0) is 16.2 Å². The van der Waals surface area contributed by atoms with E-state index in [-0.39, 0.29) is 5.91 Å². The quantitative estimate of drug-likeness (QED) is 0.789. The van der Waals surface area contributed by atoms with Crippen LogP contribution < -0.4 is 5.32 Å². The molecular formula is C12H19N5O2. The van der Waals surface area contributed by atoms with Crippen molar-refractivity contribution >= 4 is 11.6 Å². The Hall–Kier alpha value is -1.92. The highest BCUT2D eigenvalue weighted by Crippen LogP contribution is 2.09. The summed E-state index contributed by atoms with van der Waals surface area (Å²) in [4.78, 5) is 21.0. The van der Waals surface area contributed by atoms with Crippen molar-refractivity contribution < 1.29 is 9.63 Å². The van der Waals surface area contributed by atoms with E-state index in [9.17, 15) is 4.79 Å². The summed E-state index contributed by atoms with van der Waals surface area (Å²) in [6, 6.07) is 0. The summed E-state index contributed by atoms with van der Waals surface area (Å²) in [6.45, 7) is 6.98. The second kappa shape index (κ2) is 5.81. The van der Waals surface area contributed by atoms with E-state index in [1.165, 1.54) is 0 Å². The summed E-state index contributed by atoms with van der Waals surface area (Å²) in [7, 11) is 0. The monoisotopic (exact) mass is 265 g/mol. The van der Waals surface area contributed by atoms with E-state index < -0.39 is 6.10 Å². The van der Waals surface area contributed by atoms with Crippen molar-refractivity contribution in [3.05, 3.63) is 11.6 Å². The minimum atomic E-state index is -0.463. The van der Waals surface area contributed by atoms with Crippen molar-refractivity contribution in [2.45, 2.75) is 46.3 Å². The largest absolute Gasteiger partial charge is 0.382 e. The number of nitrogens with zero attached hydrogens (tertiary/aromatic N) is 4. The fraction of sp³-hybridized carbons (Fsp3) is 0.667. The van der Waals surface area contributed by atoms with E-state index in [2.05, 4.69) is 20.6 Å². The molecule has 0 aromatic carbocycles. The van der Waals surface area contributed by atoms with E-state index in [4.69, 9.17) is 4.84 Å². The average molecular weight is 265 g/mol. The number of carbonyl (C=O) groups excluding carboxylic acids is 1. The van der Waals surface area contributed by atoms with Crippen LogP contribution in [0, 0.1) is 13.8 Å². The maximum Gasteiger partial charge on any atom is 0.264 e. The van der Waals surface area contributed by atoms with Gasteiger partial charge in [0.15, 0.2) is 0 Å². The number of carbonyl (C=O) groups is 1. The van der Waals surface area contributed by atoms with Gasteiger partial charge >= 0.3 is 0 Å². The smallest absolute Gasteiger partial charge is 0.264 e. The molecule has 1 aliphatic heterocycles. The first kappa shape index (κ1) is 13.5. The Morgan fingerprint density at radius 1 is 1.47 bits per heavy atom. The highest BCUT2D eigenvalue weighted by molar-refractivity contribution is 5.91. The summed E-state index contributed by atoms with van der Waals surface area (Å²) in [5.74, 6) is 1.56. The molecule has 0 unspecified atom stereocenters. The van der Waals surface area contributed by atoms with Crippen LogP contribution in [0.5, 0.6) is 0 Å². The molecule has 19 heavy (non-hydrogen) atoms. The van der Waals surface area contributed by atoms with Crippen LogP contribution in [0.15, 0.2) is 5.16 Å². The number of hydrogen-bond acceptors (Lipinski definition) is 5. The van der Waals surface area contributed by atoms with Crippen molar-refractivity contribution in [1.29, 1.82) is 0 Å². The molecule has 2 heterocycles. The number of rotatable bonds is 5. The lowest BCUT2D eigenvalue weighted by atomic mass is 10.2. The van der Waals surface area contributed by atoms with E-state index >= 15 is 0 Å². The number of aryl methyl sites for hydroxylation is 3. The Morgan fingerprint density at radius 3 is 2.84 bits per heavy atom. The molecule has 7 nitrogen and oxygen atoms in total. The topological polar surface area (TPSA) is 81.4 Å². The van der Waals surface area contributed by atoms with E-state index in [1.807, 2.05) is 25.5 Å². The normalized spacial score (nSPS) is 18.1. The maximum absolute atomic E-state index is 11.7. The molecule has 0 bridgehead atoms. The summed E-state index contributed by atoms with van der Waals surface area (Å²) < 4.78 is 1.85. The molecule has 1 amide bonds. The number of oxime groups is 1. The molecule has 1 atom stereocenters. The number of nitrogens with one attached hydrogen (secondary N) is 1. The second-order valence-corrected chi connectivity index (χ2v) is 4.70. The van der Waals surface area contributed by atoms with Gasteiger partial charge in [0.1, 0.15) is 11.6 Å². The summed E-state index contributed by atoms with van der Waals surface area (Å²) in [5, 5.41) is 10.9. The summed E-state index contributed by atoms with van der Waals surface area (Å²) >= 11 is 0. The predicted molar refractivity (Wildman–Crippen MR) is 69.7 cm³/mol. The molecule has 0 fully saturated rings. The minimum absolute atomic E-state index is 0.105. The van der Waals surface area contributed by atoms with Gasteiger partial charge in [0.05, 0.1) is 5.71 Å². The molecule has 0 saturated heterocycles. The molecule has 2 rings (SSSR count). The first-order chi connectivity index (χ1) is 9.06. The number of hydrogen-bond donors (Lipinski definition) is 1. The van der Waals surface area contributed by atoms with E-state index in [0.29, 0.717) is 13.0 Å². The molecule has 0 spiro atoms. The van der Waals surface area contributed by atoms with Gasteiger partial charge in [-0.1, -0.05) is 5.16 Å². The van der Waals surface area contributed by atoms with Gasteiger partial charge in [-0.05, 0) is 27.2 Å². The van der Waals surface area contributed by atoms with Gasteiger partial charge in [-0.25, -0.2) is 4.98 Å². The van der Waals surface area contributed by atoms with Crippen molar-refractivity contribution in [3.63, 3.8) is 0 Å². The zero-order chi connectivity index (χ0) is 13.8. The van der Waals surface area contributed by atoms with Crippen LogP contribution in [0.4, 0.5) is 0 Å². The second-order valence-electron chi connectivity index (χ2n) is 4.70. The van der Waals surface area contributed by atoms with Gasteiger partial charge in [-0.2, -0.15) is 5.10 Å². The Balaban J connectivity index is 1.67. The lowest BCUT2D eigenvalue weighted by molar-refractivity contribution is -0.131.